The molecule has 27 heavy (non-hydrogen) atoms. The number of carbonyl (C=O) groups is 3. The second-order valence-corrected chi connectivity index (χ2v) is 7.41. The van der Waals surface area contributed by atoms with Crippen LogP contribution >= 0.6 is 27.5 Å². The van der Waals surface area contributed by atoms with Crippen LogP contribution in [0, 0.1) is 0 Å². The average Bonchev–Trinajstić information content (AvgIpc) is 3.09. The second-order valence-electron chi connectivity index (χ2n) is 6.15. The topological polar surface area (TPSA) is 88.4 Å². The van der Waals surface area contributed by atoms with Crippen LogP contribution in [0.15, 0.2) is 41.0 Å². The molecule has 4 rings (SSSR count). The number of carboxylic acid groups (broad SMARTS) is 1. The zero-order valence-corrected chi connectivity index (χ0v) is 16.1. The van der Waals surface area contributed by atoms with Gasteiger partial charge in [0, 0.05) is 33.2 Å². The highest BCUT2D eigenvalue weighted by Gasteiger charge is 2.34. The van der Waals surface area contributed by atoms with Gasteiger partial charge in [0.1, 0.15) is 0 Å². The fraction of sp³-hybridized carbons (Fsp3) is 0.105. The van der Waals surface area contributed by atoms with E-state index in [1.807, 2.05) is 0 Å². The summed E-state index contributed by atoms with van der Waals surface area (Å²) in [6, 6.07) is 8.84. The Morgan fingerprint density at radius 3 is 2.56 bits per heavy atom. The van der Waals surface area contributed by atoms with Gasteiger partial charge < -0.3 is 9.67 Å². The Bertz CT molecular complexity index is 1150. The lowest BCUT2D eigenvalue weighted by atomic mass is 9.94. The first-order valence-corrected chi connectivity index (χ1v) is 9.23. The van der Waals surface area contributed by atoms with Gasteiger partial charge in [0.15, 0.2) is 0 Å². The number of benzene rings is 2. The lowest BCUT2D eigenvalue weighted by Crippen LogP contribution is -2.20. The summed E-state index contributed by atoms with van der Waals surface area (Å²) in [5.74, 6) is -1.88. The number of nitrogens with zero attached hydrogens (tertiary/aromatic N) is 1. The second kappa shape index (κ2) is 6.51. The van der Waals surface area contributed by atoms with Crippen molar-refractivity contribution in [1.82, 2.24) is 9.88 Å². The minimum atomic E-state index is -0.923. The summed E-state index contributed by atoms with van der Waals surface area (Å²) in [7, 11) is 0. The van der Waals surface area contributed by atoms with Crippen molar-refractivity contribution in [1.29, 1.82) is 0 Å². The smallest absolute Gasteiger partial charge is 0.305 e. The van der Waals surface area contributed by atoms with Crippen LogP contribution < -0.4 is 5.32 Å². The van der Waals surface area contributed by atoms with Gasteiger partial charge in [-0.05, 0) is 33.6 Å². The summed E-state index contributed by atoms with van der Waals surface area (Å²) in [6.07, 6.45) is 1.65. The highest BCUT2D eigenvalue weighted by Crippen LogP contribution is 2.41. The van der Waals surface area contributed by atoms with Gasteiger partial charge in [0.2, 0.25) is 0 Å². The van der Waals surface area contributed by atoms with E-state index in [1.165, 1.54) is 0 Å². The van der Waals surface area contributed by atoms with Crippen LogP contribution in [0.25, 0.3) is 22.0 Å². The number of aryl methyl sites for hydroxylation is 1. The van der Waals surface area contributed by atoms with Gasteiger partial charge in [0.25, 0.3) is 11.8 Å². The lowest BCUT2D eigenvalue weighted by Gasteiger charge is -2.11. The van der Waals surface area contributed by atoms with Crippen molar-refractivity contribution in [3.05, 3.63) is 57.2 Å². The van der Waals surface area contributed by atoms with E-state index in [1.54, 1.807) is 41.1 Å². The number of amides is 2. The summed E-state index contributed by atoms with van der Waals surface area (Å²) >= 11 is 9.77. The summed E-state index contributed by atoms with van der Waals surface area (Å²) in [4.78, 5) is 36.0. The first kappa shape index (κ1) is 17.8. The number of aromatic nitrogens is 1. The Balaban J connectivity index is 2.07. The van der Waals surface area contributed by atoms with Crippen LogP contribution in [0.3, 0.4) is 0 Å². The van der Waals surface area contributed by atoms with Crippen LogP contribution in [0.2, 0.25) is 5.02 Å². The monoisotopic (exact) mass is 446 g/mol. The van der Waals surface area contributed by atoms with Crippen molar-refractivity contribution < 1.29 is 19.5 Å². The molecule has 1 aromatic heterocycles. The molecule has 0 atom stereocenters. The molecule has 0 saturated carbocycles. The third-order valence-electron chi connectivity index (χ3n) is 4.54. The van der Waals surface area contributed by atoms with E-state index >= 15 is 0 Å². The van der Waals surface area contributed by atoms with Gasteiger partial charge in [-0.25, -0.2) is 0 Å². The molecule has 8 heteroatoms. The molecule has 1 aliphatic heterocycles. The molecule has 136 valence electrons. The first-order valence-electron chi connectivity index (χ1n) is 8.06. The molecule has 0 saturated heterocycles. The van der Waals surface area contributed by atoms with E-state index in [2.05, 4.69) is 21.2 Å². The maximum absolute atomic E-state index is 12.5. The standard InChI is InChI=1S/C19H12BrClN2O4/c20-11-8-23(6-5-14(24)25)13-7-10(9-3-1-2-4-12(9)21)15-17(16(11)13)19(27)22-18(15)26/h1-4,7-8H,5-6H2,(H,24,25)(H,22,26,27). The lowest BCUT2D eigenvalue weighted by molar-refractivity contribution is -0.137. The van der Waals surface area contributed by atoms with E-state index in [9.17, 15) is 14.4 Å². The van der Waals surface area contributed by atoms with Gasteiger partial charge in [-0.2, -0.15) is 0 Å². The van der Waals surface area contributed by atoms with Gasteiger partial charge in [0.05, 0.1) is 23.1 Å². The molecule has 0 fully saturated rings. The predicted octanol–water partition coefficient (Wildman–Crippen LogP) is 4.08. The summed E-state index contributed by atoms with van der Waals surface area (Å²) < 4.78 is 2.37. The number of hydrogen-bond acceptors (Lipinski definition) is 3. The van der Waals surface area contributed by atoms with Gasteiger partial charge in [-0.1, -0.05) is 29.8 Å². The fourth-order valence-corrected chi connectivity index (χ4v) is 4.28. The molecular formula is C19H12BrClN2O4. The molecule has 0 radical (unpaired) electrons. The van der Waals surface area contributed by atoms with Crippen LogP contribution in [0.1, 0.15) is 27.1 Å². The highest BCUT2D eigenvalue weighted by molar-refractivity contribution is 9.10. The third-order valence-corrected chi connectivity index (χ3v) is 5.47. The van der Waals surface area contributed by atoms with E-state index in [0.29, 0.717) is 31.5 Å². The van der Waals surface area contributed by atoms with Crippen molar-refractivity contribution in [2.24, 2.45) is 0 Å². The van der Waals surface area contributed by atoms with Crippen molar-refractivity contribution in [2.75, 3.05) is 0 Å². The molecule has 2 aromatic carbocycles. The van der Waals surface area contributed by atoms with Crippen molar-refractivity contribution in [3.8, 4) is 11.1 Å². The summed E-state index contributed by atoms with van der Waals surface area (Å²) in [5.41, 5.74) is 2.37. The number of imide groups is 1. The van der Waals surface area contributed by atoms with E-state index in [0.717, 1.165) is 0 Å². The number of aliphatic carboxylic acids is 1. The van der Waals surface area contributed by atoms with Crippen molar-refractivity contribution in [2.45, 2.75) is 13.0 Å². The number of hydrogen-bond donors (Lipinski definition) is 2. The number of fused-ring (bicyclic) bond motifs is 3. The Hall–Kier alpha value is -2.64. The van der Waals surface area contributed by atoms with E-state index in [4.69, 9.17) is 16.7 Å². The normalized spacial score (nSPS) is 13.1. The fourth-order valence-electron chi connectivity index (χ4n) is 3.39. The molecule has 2 heterocycles. The number of halogens is 2. The Morgan fingerprint density at radius 2 is 1.85 bits per heavy atom. The predicted molar refractivity (Wildman–Crippen MR) is 104 cm³/mol. The largest absolute Gasteiger partial charge is 0.481 e. The van der Waals surface area contributed by atoms with Gasteiger partial charge >= 0.3 is 5.97 Å². The quantitative estimate of drug-likeness (QED) is 0.590. The number of carbonyl (C=O) groups excluding carboxylic acids is 2. The minimum Gasteiger partial charge on any atom is -0.481 e. The molecule has 1 aliphatic rings. The number of carboxylic acids is 1. The molecule has 0 bridgehead atoms. The summed E-state index contributed by atoms with van der Waals surface area (Å²) in [5, 5.41) is 12.4. The Labute approximate surface area is 166 Å². The van der Waals surface area contributed by atoms with Crippen LogP contribution in [-0.2, 0) is 11.3 Å². The number of nitrogens with one attached hydrogen (secondary N) is 1. The molecule has 2 amide bonds. The van der Waals surface area contributed by atoms with Gasteiger partial charge in [-0.15, -0.1) is 0 Å². The van der Waals surface area contributed by atoms with Crippen molar-refractivity contribution in [3.63, 3.8) is 0 Å². The Morgan fingerprint density at radius 1 is 1.15 bits per heavy atom. The number of rotatable bonds is 4. The van der Waals surface area contributed by atoms with Gasteiger partial charge in [-0.3, -0.25) is 19.7 Å². The maximum atomic E-state index is 12.5. The van der Waals surface area contributed by atoms with Crippen molar-refractivity contribution >= 4 is 56.2 Å². The SMILES string of the molecule is O=C(O)CCn1cc(Br)c2c3c(c(-c4ccccc4Cl)cc21)C(=O)NC3=O. The average molecular weight is 448 g/mol. The molecule has 2 N–H and O–H groups in total. The summed E-state index contributed by atoms with van der Waals surface area (Å²) in [6.45, 7) is 0.230. The third kappa shape index (κ3) is 2.83. The molecule has 6 nitrogen and oxygen atoms in total. The zero-order valence-electron chi connectivity index (χ0n) is 13.8. The molecular weight excluding hydrogens is 436 g/mol. The maximum Gasteiger partial charge on any atom is 0.305 e. The first-order chi connectivity index (χ1) is 12.9. The van der Waals surface area contributed by atoms with Crippen LogP contribution in [0.5, 0.6) is 0 Å². The highest BCUT2D eigenvalue weighted by atomic mass is 79.9. The van der Waals surface area contributed by atoms with Crippen LogP contribution in [-0.4, -0.2) is 27.5 Å². The zero-order chi connectivity index (χ0) is 19.3. The molecule has 0 unspecified atom stereocenters. The van der Waals surface area contributed by atoms with E-state index < -0.39 is 17.8 Å². The Kier molecular flexibility index (Phi) is 4.28. The van der Waals surface area contributed by atoms with E-state index in [-0.39, 0.29) is 24.1 Å². The molecule has 3 aromatic rings. The minimum absolute atomic E-state index is 0.0696. The molecule has 0 aliphatic carbocycles. The van der Waals surface area contributed by atoms with Crippen LogP contribution in [0.4, 0.5) is 0 Å². The molecule has 0 spiro atoms.